The third kappa shape index (κ3) is 5.51. The van der Waals surface area contributed by atoms with Crippen molar-refractivity contribution in [3.8, 4) is 11.4 Å². The molecule has 3 rings (SSSR count). The van der Waals surface area contributed by atoms with Crippen LogP contribution in [0.2, 0.25) is 5.02 Å². The molecule has 0 aliphatic carbocycles. The van der Waals surface area contributed by atoms with E-state index in [4.69, 9.17) is 16.3 Å². The SMILES string of the molecule is CC(C)(C)OC(O)N1CCN(c2nc(-c3ccnc(F)c3)[nH]c(=O)c2Cl)CC(F)C1. The smallest absolute Gasteiger partial charge is 0.272 e. The predicted molar refractivity (Wildman–Crippen MR) is 109 cm³/mol. The van der Waals surface area contributed by atoms with Gasteiger partial charge in [0.1, 0.15) is 17.0 Å². The molecule has 164 valence electrons. The van der Waals surface area contributed by atoms with Gasteiger partial charge in [0.05, 0.1) is 12.1 Å². The van der Waals surface area contributed by atoms with Gasteiger partial charge in [0.15, 0.2) is 5.82 Å². The summed E-state index contributed by atoms with van der Waals surface area (Å²) in [4.78, 5) is 25.6. The molecule has 8 nitrogen and oxygen atoms in total. The molecule has 11 heteroatoms. The Morgan fingerprint density at radius 2 is 2.10 bits per heavy atom. The minimum absolute atomic E-state index is 0.0586. The fraction of sp³-hybridized carbons (Fsp3) is 0.526. The Labute approximate surface area is 177 Å². The number of halogens is 3. The number of aliphatic hydroxyl groups excluding tert-OH is 1. The summed E-state index contributed by atoms with van der Waals surface area (Å²) in [5, 5.41) is 10.1. The van der Waals surface area contributed by atoms with Crippen molar-refractivity contribution < 1.29 is 18.6 Å². The standard InChI is InChI=1S/C19H24ClF2N5O3/c1-19(2,3)30-18(29)27-7-6-26(9-12(21)10-27)16-14(20)17(28)25-15(24-16)11-4-5-23-13(22)8-11/h4-5,8,12,18,29H,6-7,9-10H2,1-3H3,(H,24,25,28). The second-order valence-corrected chi connectivity index (χ2v) is 8.39. The third-order valence-corrected chi connectivity index (χ3v) is 4.77. The molecule has 1 aliphatic rings. The van der Waals surface area contributed by atoms with Crippen LogP contribution in [0.25, 0.3) is 11.4 Å². The lowest BCUT2D eigenvalue weighted by molar-refractivity contribution is -0.239. The van der Waals surface area contributed by atoms with Crippen molar-refractivity contribution in [1.29, 1.82) is 0 Å². The lowest BCUT2D eigenvalue weighted by atomic mass is 10.2. The molecule has 3 heterocycles. The lowest BCUT2D eigenvalue weighted by Gasteiger charge is -2.31. The Kier molecular flexibility index (Phi) is 6.71. The Bertz CT molecular complexity index is 952. The van der Waals surface area contributed by atoms with Gasteiger partial charge in [0, 0.05) is 37.5 Å². The van der Waals surface area contributed by atoms with Gasteiger partial charge in [0.2, 0.25) is 12.4 Å². The van der Waals surface area contributed by atoms with Crippen LogP contribution in [0, 0.1) is 5.95 Å². The molecule has 1 aliphatic heterocycles. The highest BCUT2D eigenvalue weighted by Gasteiger charge is 2.31. The number of anilines is 1. The van der Waals surface area contributed by atoms with Gasteiger partial charge in [-0.15, -0.1) is 0 Å². The first-order valence-electron chi connectivity index (χ1n) is 9.44. The second kappa shape index (κ2) is 8.93. The minimum atomic E-state index is -1.36. The number of nitrogens with zero attached hydrogens (tertiary/aromatic N) is 4. The summed E-state index contributed by atoms with van der Waals surface area (Å²) in [5.74, 6) is -0.551. The van der Waals surface area contributed by atoms with Crippen LogP contribution in [-0.2, 0) is 4.74 Å². The summed E-state index contributed by atoms with van der Waals surface area (Å²) >= 11 is 6.16. The van der Waals surface area contributed by atoms with Gasteiger partial charge in [-0.3, -0.25) is 9.69 Å². The normalized spacial score (nSPS) is 19.6. The van der Waals surface area contributed by atoms with Gasteiger partial charge >= 0.3 is 0 Å². The van der Waals surface area contributed by atoms with Crippen molar-refractivity contribution in [2.75, 3.05) is 31.1 Å². The quantitative estimate of drug-likeness (QED) is 0.552. The van der Waals surface area contributed by atoms with Crippen LogP contribution < -0.4 is 10.5 Å². The molecule has 2 aromatic rings. The maximum Gasteiger partial charge on any atom is 0.272 e. The van der Waals surface area contributed by atoms with E-state index in [1.54, 1.807) is 20.8 Å². The molecule has 2 N–H and O–H groups in total. The van der Waals surface area contributed by atoms with Gasteiger partial charge in [0.25, 0.3) is 5.56 Å². The van der Waals surface area contributed by atoms with E-state index in [2.05, 4.69) is 15.0 Å². The van der Waals surface area contributed by atoms with Gasteiger partial charge < -0.3 is 19.7 Å². The molecule has 0 amide bonds. The van der Waals surface area contributed by atoms with Crippen molar-refractivity contribution in [2.45, 2.75) is 39.0 Å². The van der Waals surface area contributed by atoms with Crippen molar-refractivity contribution >= 4 is 17.4 Å². The highest BCUT2D eigenvalue weighted by atomic mass is 35.5. The number of H-pyrrole nitrogens is 1. The fourth-order valence-corrected chi connectivity index (χ4v) is 3.32. The van der Waals surface area contributed by atoms with E-state index in [9.17, 15) is 18.7 Å². The van der Waals surface area contributed by atoms with E-state index < -0.39 is 29.7 Å². The molecule has 0 bridgehead atoms. The van der Waals surface area contributed by atoms with Gasteiger partial charge in [-0.25, -0.2) is 14.4 Å². The molecule has 30 heavy (non-hydrogen) atoms. The topological polar surface area (TPSA) is 94.6 Å². The van der Waals surface area contributed by atoms with Crippen molar-refractivity contribution in [1.82, 2.24) is 19.9 Å². The molecular formula is C19H24ClF2N5O3. The maximum atomic E-state index is 14.7. The Morgan fingerprint density at radius 1 is 1.37 bits per heavy atom. The molecule has 1 saturated heterocycles. The number of pyridine rings is 1. The van der Waals surface area contributed by atoms with Crippen LogP contribution in [0.3, 0.4) is 0 Å². The molecule has 0 aromatic carbocycles. The Morgan fingerprint density at radius 3 is 2.77 bits per heavy atom. The van der Waals surface area contributed by atoms with E-state index in [1.807, 2.05) is 0 Å². The largest absolute Gasteiger partial charge is 0.356 e. The number of aromatic amines is 1. The first-order valence-corrected chi connectivity index (χ1v) is 9.82. The zero-order valence-electron chi connectivity index (χ0n) is 16.9. The van der Waals surface area contributed by atoms with Gasteiger partial charge in [-0.05, 0) is 26.8 Å². The van der Waals surface area contributed by atoms with E-state index >= 15 is 0 Å². The van der Waals surface area contributed by atoms with Crippen molar-refractivity contribution in [3.05, 3.63) is 39.7 Å². The summed E-state index contributed by atoms with van der Waals surface area (Å²) in [5.41, 5.74) is -0.926. The maximum absolute atomic E-state index is 14.7. The molecule has 1 fully saturated rings. The van der Waals surface area contributed by atoms with Crippen LogP contribution in [0.4, 0.5) is 14.6 Å². The van der Waals surface area contributed by atoms with Crippen LogP contribution in [0.15, 0.2) is 23.1 Å². The van der Waals surface area contributed by atoms with E-state index in [0.717, 1.165) is 6.07 Å². The van der Waals surface area contributed by atoms with Crippen molar-refractivity contribution in [2.24, 2.45) is 0 Å². The average Bonchev–Trinajstić information content (AvgIpc) is 2.84. The van der Waals surface area contributed by atoms with E-state index in [0.29, 0.717) is 5.56 Å². The summed E-state index contributed by atoms with van der Waals surface area (Å²) in [7, 11) is 0. The van der Waals surface area contributed by atoms with Gasteiger partial charge in [-0.2, -0.15) is 4.39 Å². The highest BCUT2D eigenvalue weighted by Crippen LogP contribution is 2.25. The number of nitrogens with one attached hydrogen (secondary N) is 1. The summed E-state index contributed by atoms with van der Waals surface area (Å²) in [6, 6.07) is 2.61. The van der Waals surface area contributed by atoms with E-state index in [1.165, 1.54) is 22.1 Å². The number of aromatic nitrogens is 3. The molecule has 0 spiro atoms. The van der Waals surface area contributed by atoms with Crippen LogP contribution in [0.5, 0.6) is 0 Å². The number of aliphatic hydroxyl groups is 1. The summed E-state index contributed by atoms with van der Waals surface area (Å²) in [6.07, 6.45) is -1.39. The first kappa shape index (κ1) is 22.5. The summed E-state index contributed by atoms with van der Waals surface area (Å²) < 4.78 is 33.6. The van der Waals surface area contributed by atoms with Crippen molar-refractivity contribution in [3.63, 3.8) is 0 Å². The first-order chi connectivity index (χ1) is 14.0. The zero-order valence-corrected chi connectivity index (χ0v) is 17.7. The lowest BCUT2D eigenvalue weighted by Crippen LogP contribution is -2.44. The second-order valence-electron chi connectivity index (χ2n) is 8.01. The average molecular weight is 444 g/mol. The fourth-order valence-electron chi connectivity index (χ4n) is 3.11. The van der Waals surface area contributed by atoms with Gasteiger partial charge in [-0.1, -0.05) is 11.6 Å². The van der Waals surface area contributed by atoms with Crippen LogP contribution in [0.1, 0.15) is 20.8 Å². The summed E-state index contributed by atoms with van der Waals surface area (Å²) in [6.45, 7) is 5.72. The number of alkyl halides is 1. The molecule has 2 unspecified atom stereocenters. The third-order valence-electron chi connectivity index (χ3n) is 4.42. The van der Waals surface area contributed by atoms with E-state index in [-0.39, 0.29) is 42.8 Å². The molecule has 2 atom stereocenters. The number of hydrogen-bond donors (Lipinski definition) is 2. The molecule has 0 saturated carbocycles. The molecular weight excluding hydrogens is 420 g/mol. The Hall–Kier alpha value is -2.14. The van der Waals surface area contributed by atoms with Crippen LogP contribution >= 0.6 is 11.6 Å². The monoisotopic (exact) mass is 443 g/mol. The minimum Gasteiger partial charge on any atom is -0.356 e. The number of hydrogen-bond acceptors (Lipinski definition) is 7. The Balaban J connectivity index is 1.87. The van der Waals surface area contributed by atoms with Crippen LogP contribution in [-0.4, -0.2) is 69.3 Å². The molecule has 0 radical (unpaired) electrons. The highest BCUT2D eigenvalue weighted by molar-refractivity contribution is 6.32. The molecule has 2 aromatic heterocycles. The zero-order chi connectivity index (χ0) is 22.1. The predicted octanol–water partition coefficient (Wildman–Crippen LogP) is 2.18. The number of rotatable bonds is 4. The number of ether oxygens (including phenoxy) is 1.